The number of unbranched alkanes of at least 4 members (excludes halogenated alkanes) is 1. The lowest BCUT2D eigenvalue weighted by Crippen LogP contribution is -2.51. The fourth-order valence-electron chi connectivity index (χ4n) is 3.73. The first-order valence-corrected chi connectivity index (χ1v) is 11.3. The second-order valence-electron chi connectivity index (χ2n) is 7.83. The van der Waals surface area contributed by atoms with Crippen LogP contribution in [0.3, 0.4) is 0 Å². The van der Waals surface area contributed by atoms with Crippen LogP contribution in [0.1, 0.15) is 43.9 Å². The molecule has 0 aliphatic carbocycles. The first kappa shape index (κ1) is 22.4. The van der Waals surface area contributed by atoms with Crippen molar-refractivity contribution in [2.24, 2.45) is 5.73 Å². The summed E-state index contributed by atoms with van der Waals surface area (Å²) in [6, 6.07) is 6.67. The normalized spacial score (nSPS) is 19.7. The third-order valence-corrected chi connectivity index (χ3v) is 6.46. The van der Waals surface area contributed by atoms with E-state index in [0.29, 0.717) is 13.0 Å². The first-order valence-electron chi connectivity index (χ1n) is 10.4. The SMILES string of the molecule is CCCC[C@H](N)C(=O)N1C[C@H](O)C[C@H]1C(=O)NCc1ccc(-c2scnc2C)cc1. The van der Waals surface area contributed by atoms with Crippen molar-refractivity contribution >= 4 is 23.2 Å². The second kappa shape index (κ2) is 10.1. The van der Waals surface area contributed by atoms with Crippen LogP contribution in [0.15, 0.2) is 29.8 Å². The Kier molecular flexibility index (Phi) is 7.58. The van der Waals surface area contributed by atoms with Gasteiger partial charge >= 0.3 is 0 Å². The van der Waals surface area contributed by atoms with Gasteiger partial charge in [0.05, 0.1) is 28.2 Å². The molecule has 0 bridgehead atoms. The Bertz CT molecular complexity index is 868. The number of aliphatic hydroxyl groups is 1. The maximum Gasteiger partial charge on any atom is 0.243 e. The molecule has 1 saturated heterocycles. The van der Waals surface area contributed by atoms with Gasteiger partial charge in [0, 0.05) is 19.5 Å². The van der Waals surface area contributed by atoms with Crippen molar-refractivity contribution in [3.8, 4) is 10.4 Å². The summed E-state index contributed by atoms with van der Waals surface area (Å²) in [5.41, 5.74) is 10.9. The number of hydrogen-bond donors (Lipinski definition) is 3. The number of aliphatic hydroxyl groups excluding tert-OH is 1. The van der Waals surface area contributed by atoms with Crippen LogP contribution in [0, 0.1) is 6.92 Å². The number of amides is 2. The zero-order chi connectivity index (χ0) is 21.7. The number of aryl methyl sites for hydroxylation is 1. The molecule has 0 saturated carbocycles. The summed E-state index contributed by atoms with van der Waals surface area (Å²) in [4.78, 5) is 32.3. The zero-order valence-electron chi connectivity index (χ0n) is 17.5. The minimum atomic E-state index is -0.704. The van der Waals surface area contributed by atoms with Crippen LogP contribution in [0.2, 0.25) is 0 Å². The van der Waals surface area contributed by atoms with E-state index in [4.69, 9.17) is 5.73 Å². The van der Waals surface area contributed by atoms with Crippen molar-refractivity contribution in [1.29, 1.82) is 0 Å². The molecule has 3 rings (SSSR count). The minimum Gasteiger partial charge on any atom is -0.391 e. The summed E-state index contributed by atoms with van der Waals surface area (Å²) in [6.45, 7) is 4.53. The zero-order valence-corrected chi connectivity index (χ0v) is 18.3. The smallest absolute Gasteiger partial charge is 0.243 e. The fraction of sp³-hybridized carbons (Fsp3) is 0.500. The fourth-order valence-corrected chi connectivity index (χ4v) is 4.54. The van der Waals surface area contributed by atoms with Crippen LogP contribution in [0.5, 0.6) is 0 Å². The largest absolute Gasteiger partial charge is 0.391 e. The Morgan fingerprint density at radius 2 is 2.10 bits per heavy atom. The van der Waals surface area contributed by atoms with E-state index in [1.807, 2.05) is 43.6 Å². The topological polar surface area (TPSA) is 109 Å². The Morgan fingerprint density at radius 1 is 1.37 bits per heavy atom. The minimum absolute atomic E-state index is 0.152. The van der Waals surface area contributed by atoms with E-state index in [1.165, 1.54) is 4.90 Å². The van der Waals surface area contributed by atoms with E-state index in [9.17, 15) is 14.7 Å². The summed E-state index contributed by atoms with van der Waals surface area (Å²) in [5, 5.41) is 12.9. The maximum atomic E-state index is 12.8. The molecule has 2 heterocycles. The highest BCUT2D eigenvalue weighted by Gasteiger charge is 2.40. The second-order valence-corrected chi connectivity index (χ2v) is 8.68. The summed E-state index contributed by atoms with van der Waals surface area (Å²) in [5.74, 6) is -0.519. The van der Waals surface area contributed by atoms with Gasteiger partial charge in [-0.15, -0.1) is 11.3 Å². The van der Waals surface area contributed by atoms with Crippen molar-refractivity contribution in [3.05, 3.63) is 41.0 Å². The quantitative estimate of drug-likeness (QED) is 0.595. The van der Waals surface area contributed by atoms with Crippen molar-refractivity contribution in [3.63, 3.8) is 0 Å². The third kappa shape index (κ3) is 5.24. The molecule has 3 atom stereocenters. The number of nitrogens with two attached hydrogens (primary N) is 1. The third-order valence-electron chi connectivity index (χ3n) is 5.48. The van der Waals surface area contributed by atoms with E-state index < -0.39 is 18.2 Å². The van der Waals surface area contributed by atoms with Crippen molar-refractivity contribution in [2.45, 2.75) is 64.3 Å². The van der Waals surface area contributed by atoms with Gasteiger partial charge in [0.15, 0.2) is 0 Å². The van der Waals surface area contributed by atoms with Gasteiger partial charge in [0.1, 0.15) is 6.04 Å². The summed E-state index contributed by atoms with van der Waals surface area (Å²) < 4.78 is 0. The number of rotatable bonds is 8. The number of benzene rings is 1. The number of carbonyl (C=O) groups excluding carboxylic acids is 2. The lowest BCUT2D eigenvalue weighted by atomic mass is 10.1. The van der Waals surface area contributed by atoms with Crippen molar-refractivity contribution in [2.75, 3.05) is 6.54 Å². The highest BCUT2D eigenvalue weighted by atomic mass is 32.1. The van der Waals surface area contributed by atoms with Crippen LogP contribution in [0.25, 0.3) is 10.4 Å². The number of carbonyl (C=O) groups is 2. The summed E-state index contributed by atoms with van der Waals surface area (Å²) in [6.07, 6.45) is 1.93. The number of thiazole rings is 1. The monoisotopic (exact) mass is 430 g/mol. The Morgan fingerprint density at radius 3 is 2.73 bits per heavy atom. The van der Waals surface area contributed by atoms with E-state index in [2.05, 4.69) is 10.3 Å². The van der Waals surface area contributed by atoms with Gasteiger partial charge in [-0.2, -0.15) is 0 Å². The van der Waals surface area contributed by atoms with Crippen LogP contribution in [-0.4, -0.2) is 51.5 Å². The van der Waals surface area contributed by atoms with Gasteiger partial charge < -0.3 is 21.1 Å². The molecule has 0 unspecified atom stereocenters. The number of nitrogens with one attached hydrogen (secondary N) is 1. The highest BCUT2D eigenvalue weighted by molar-refractivity contribution is 7.13. The van der Waals surface area contributed by atoms with Crippen LogP contribution in [0.4, 0.5) is 0 Å². The van der Waals surface area contributed by atoms with Gasteiger partial charge in [-0.05, 0) is 24.5 Å². The van der Waals surface area contributed by atoms with E-state index in [1.54, 1.807) is 11.3 Å². The Labute approximate surface area is 181 Å². The van der Waals surface area contributed by atoms with Crippen molar-refractivity contribution < 1.29 is 14.7 Å². The van der Waals surface area contributed by atoms with Gasteiger partial charge in [0.25, 0.3) is 0 Å². The Hall–Kier alpha value is -2.29. The molecule has 1 fully saturated rings. The van der Waals surface area contributed by atoms with Crippen molar-refractivity contribution in [1.82, 2.24) is 15.2 Å². The molecule has 8 heteroatoms. The molecule has 2 aromatic rings. The van der Waals surface area contributed by atoms with Crippen LogP contribution < -0.4 is 11.1 Å². The predicted molar refractivity (Wildman–Crippen MR) is 118 cm³/mol. The number of β-amino-alcohol motifs (C(OH)–C–C–N with tert-alkyl or cyclic N) is 1. The van der Waals surface area contributed by atoms with E-state index in [0.717, 1.165) is 34.5 Å². The average Bonchev–Trinajstić information content (AvgIpc) is 3.35. The molecule has 2 amide bonds. The summed E-state index contributed by atoms with van der Waals surface area (Å²) in [7, 11) is 0. The van der Waals surface area contributed by atoms with Gasteiger partial charge in [-0.3, -0.25) is 9.59 Å². The average molecular weight is 431 g/mol. The lowest BCUT2D eigenvalue weighted by Gasteiger charge is -2.26. The van der Waals surface area contributed by atoms with Crippen LogP contribution >= 0.6 is 11.3 Å². The molecule has 1 aromatic heterocycles. The van der Waals surface area contributed by atoms with Gasteiger partial charge in [-0.25, -0.2) is 4.98 Å². The highest BCUT2D eigenvalue weighted by Crippen LogP contribution is 2.27. The van der Waals surface area contributed by atoms with Gasteiger partial charge in [-0.1, -0.05) is 44.0 Å². The summed E-state index contributed by atoms with van der Waals surface area (Å²) >= 11 is 1.60. The molecular weight excluding hydrogens is 400 g/mol. The number of aromatic nitrogens is 1. The molecule has 30 heavy (non-hydrogen) atoms. The molecule has 7 nitrogen and oxygen atoms in total. The lowest BCUT2D eigenvalue weighted by molar-refractivity contribution is -0.139. The molecule has 1 aliphatic heterocycles. The number of nitrogens with zero attached hydrogens (tertiary/aromatic N) is 2. The first-order chi connectivity index (χ1) is 14.4. The molecule has 4 N–H and O–H groups in total. The standard InChI is InChI=1S/C22H30N4O3S/c1-3-4-5-18(23)22(29)26-12-17(27)10-19(26)21(28)24-11-15-6-8-16(9-7-15)20-14(2)25-13-30-20/h6-9,13,17-19,27H,3-5,10-12,23H2,1-2H3,(H,24,28)/t17-,18+,19+/m1/s1. The molecular formula is C22H30N4O3S. The molecule has 0 spiro atoms. The van der Waals surface area contributed by atoms with E-state index in [-0.39, 0.29) is 24.8 Å². The molecule has 0 radical (unpaired) electrons. The molecule has 162 valence electrons. The number of likely N-dealkylation sites (tertiary alicyclic amines) is 1. The van der Waals surface area contributed by atoms with Crippen LogP contribution in [-0.2, 0) is 16.1 Å². The maximum absolute atomic E-state index is 12.8. The molecule has 1 aromatic carbocycles. The number of hydrogen-bond acceptors (Lipinski definition) is 6. The predicted octanol–water partition coefficient (Wildman–Crippen LogP) is 2.21. The molecule has 1 aliphatic rings. The van der Waals surface area contributed by atoms with Gasteiger partial charge in [0.2, 0.25) is 11.8 Å². The Balaban J connectivity index is 1.59. The van der Waals surface area contributed by atoms with E-state index >= 15 is 0 Å².